The number of rotatable bonds is 7. The molecule has 2 atom stereocenters. The lowest BCUT2D eigenvalue weighted by molar-refractivity contribution is -0.100. The van der Waals surface area contributed by atoms with Gasteiger partial charge in [-0.1, -0.05) is 13.8 Å². The Bertz CT molecular complexity index is 465. The highest BCUT2D eigenvalue weighted by molar-refractivity contribution is 7.86. The van der Waals surface area contributed by atoms with E-state index in [2.05, 4.69) is 8.37 Å². The molecule has 10 heteroatoms. The van der Waals surface area contributed by atoms with Crippen LogP contribution in [0.25, 0.3) is 0 Å². The van der Waals surface area contributed by atoms with Gasteiger partial charge in [0.15, 0.2) is 6.29 Å². The number of hydrogen-bond donors (Lipinski definition) is 0. The van der Waals surface area contributed by atoms with Crippen LogP contribution in [-0.2, 0) is 38.1 Å². The normalized spacial score (nSPS) is 25.4. The van der Waals surface area contributed by atoms with Crippen LogP contribution in [-0.4, -0.2) is 61.1 Å². The predicted molar refractivity (Wildman–Crippen MR) is 70.0 cm³/mol. The molecule has 0 aliphatic carbocycles. The Kier molecular flexibility index (Phi) is 5.93. The third-order valence-corrected chi connectivity index (χ3v) is 3.60. The first-order chi connectivity index (χ1) is 8.98. The summed E-state index contributed by atoms with van der Waals surface area (Å²) in [4.78, 5) is 0. The molecule has 20 heavy (non-hydrogen) atoms. The highest BCUT2D eigenvalue weighted by Gasteiger charge is 2.39. The average molecular weight is 332 g/mol. The molecule has 0 amide bonds. The summed E-state index contributed by atoms with van der Waals surface area (Å²) in [5.74, 6) is 0.0268. The second kappa shape index (κ2) is 6.67. The van der Waals surface area contributed by atoms with Gasteiger partial charge in [0.2, 0.25) is 0 Å². The van der Waals surface area contributed by atoms with Crippen molar-refractivity contribution in [1.29, 1.82) is 0 Å². The van der Waals surface area contributed by atoms with Crippen LogP contribution in [0.3, 0.4) is 0 Å². The maximum Gasteiger partial charge on any atom is 0.264 e. The Morgan fingerprint density at radius 2 is 1.25 bits per heavy atom. The van der Waals surface area contributed by atoms with Crippen molar-refractivity contribution < 1.29 is 34.7 Å². The molecule has 0 saturated carbocycles. The summed E-state index contributed by atoms with van der Waals surface area (Å²) in [6.45, 7) is 3.22. The van der Waals surface area contributed by atoms with Gasteiger partial charge in [0, 0.05) is 5.92 Å². The molecule has 1 fully saturated rings. The lowest BCUT2D eigenvalue weighted by atomic mass is 10.2. The fraction of sp³-hybridized carbons (Fsp3) is 1.00. The SMILES string of the molecule is CC(C)C1O[C@H](COS(C)(=O)=O)[C@@H](COS(C)(=O)=O)O1. The van der Waals surface area contributed by atoms with Crippen molar-refractivity contribution in [3.8, 4) is 0 Å². The second-order valence-corrected chi connectivity index (χ2v) is 8.23. The maximum atomic E-state index is 11.0. The lowest BCUT2D eigenvalue weighted by Crippen LogP contribution is -2.33. The van der Waals surface area contributed by atoms with E-state index in [0.29, 0.717) is 0 Å². The maximum absolute atomic E-state index is 11.0. The van der Waals surface area contributed by atoms with Crippen LogP contribution in [0.4, 0.5) is 0 Å². The molecule has 0 bridgehead atoms. The third-order valence-electron chi connectivity index (χ3n) is 2.47. The molecular formula is C10H20O8S2. The topological polar surface area (TPSA) is 105 Å². The van der Waals surface area contributed by atoms with Gasteiger partial charge in [-0.3, -0.25) is 8.37 Å². The first-order valence-electron chi connectivity index (χ1n) is 5.97. The van der Waals surface area contributed by atoms with Crippen molar-refractivity contribution in [2.24, 2.45) is 5.92 Å². The van der Waals surface area contributed by atoms with E-state index in [1.165, 1.54) is 0 Å². The van der Waals surface area contributed by atoms with E-state index in [0.717, 1.165) is 12.5 Å². The zero-order valence-electron chi connectivity index (χ0n) is 11.8. The van der Waals surface area contributed by atoms with E-state index in [1.54, 1.807) is 0 Å². The van der Waals surface area contributed by atoms with Crippen LogP contribution in [0.5, 0.6) is 0 Å². The van der Waals surface area contributed by atoms with Gasteiger partial charge in [-0.2, -0.15) is 16.8 Å². The zero-order valence-corrected chi connectivity index (χ0v) is 13.4. The van der Waals surface area contributed by atoms with Crippen molar-refractivity contribution in [3.05, 3.63) is 0 Å². The van der Waals surface area contributed by atoms with Gasteiger partial charge in [-0.05, 0) is 0 Å². The fourth-order valence-electron chi connectivity index (χ4n) is 1.54. The van der Waals surface area contributed by atoms with Crippen molar-refractivity contribution in [2.45, 2.75) is 32.3 Å². The Balaban J connectivity index is 2.66. The summed E-state index contributed by atoms with van der Waals surface area (Å²) >= 11 is 0. The molecule has 1 saturated heterocycles. The van der Waals surface area contributed by atoms with Gasteiger partial charge in [0.25, 0.3) is 20.2 Å². The molecule has 0 aromatic heterocycles. The van der Waals surface area contributed by atoms with Crippen molar-refractivity contribution in [1.82, 2.24) is 0 Å². The molecular weight excluding hydrogens is 312 g/mol. The second-order valence-electron chi connectivity index (χ2n) is 4.94. The average Bonchev–Trinajstić information content (AvgIpc) is 2.65. The summed E-state index contributed by atoms with van der Waals surface area (Å²) in [6, 6.07) is 0. The van der Waals surface area contributed by atoms with Gasteiger partial charge in [-0.15, -0.1) is 0 Å². The first-order valence-corrected chi connectivity index (χ1v) is 9.61. The first kappa shape index (κ1) is 17.8. The Hall–Kier alpha value is -0.260. The highest BCUT2D eigenvalue weighted by atomic mass is 32.2. The molecule has 0 aromatic rings. The van der Waals surface area contributed by atoms with Gasteiger partial charge in [0.05, 0.1) is 25.7 Å². The minimum atomic E-state index is -3.61. The van der Waals surface area contributed by atoms with Crippen LogP contribution in [0.1, 0.15) is 13.8 Å². The van der Waals surface area contributed by atoms with Crippen LogP contribution < -0.4 is 0 Å². The third kappa shape index (κ3) is 6.46. The molecule has 1 rings (SSSR count). The van der Waals surface area contributed by atoms with Crippen molar-refractivity contribution in [3.63, 3.8) is 0 Å². The van der Waals surface area contributed by atoms with Gasteiger partial charge in [0.1, 0.15) is 12.2 Å². The lowest BCUT2D eigenvalue weighted by Gasteiger charge is -2.15. The molecule has 1 heterocycles. The van der Waals surface area contributed by atoms with Crippen molar-refractivity contribution >= 4 is 20.2 Å². The molecule has 0 unspecified atom stereocenters. The molecule has 120 valence electrons. The quantitative estimate of drug-likeness (QED) is 0.585. The highest BCUT2D eigenvalue weighted by Crippen LogP contribution is 2.25. The van der Waals surface area contributed by atoms with E-state index in [9.17, 15) is 16.8 Å². The minimum absolute atomic E-state index is 0.0268. The van der Waals surface area contributed by atoms with E-state index in [-0.39, 0.29) is 19.1 Å². The fourth-order valence-corrected chi connectivity index (χ4v) is 2.30. The van der Waals surface area contributed by atoms with E-state index >= 15 is 0 Å². The Labute approximate surface area is 119 Å². The van der Waals surface area contributed by atoms with Crippen LogP contribution in [0.2, 0.25) is 0 Å². The zero-order chi connectivity index (χ0) is 15.6. The smallest absolute Gasteiger partial charge is 0.264 e. The van der Waals surface area contributed by atoms with E-state index < -0.39 is 38.7 Å². The van der Waals surface area contributed by atoms with Crippen LogP contribution in [0.15, 0.2) is 0 Å². The standard InChI is InChI=1S/C10H20O8S2/c1-7(2)10-17-8(5-15-19(3,11)12)9(18-10)6-16-20(4,13)14/h7-10H,5-6H2,1-4H3/t8-,9-/m1/s1. The molecule has 0 aromatic carbocycles. The molecule has 1 aliphatic heterocycles. The number of ether oxygens (including phenoxy) is 2. The molecule has 1 aliphatic rings. The van der Waals surface area contributed by atoms with Crippen molar-refractivity contribution in [2.75, 3.05) is 25.7 Å². The van der Waals surface area contributed by atoms with E-state index in [1.807, 2.05) is 13.8 Å². The summed E-state index contributed by atoms with van der Waals surface area (Å²) in [6.07, 6.45) is -0.135. The molecule has 8 nitrogen and oxygen atoms in total. The minimum Gasteiger partial charge on any atom is -0.344 e. The summed E-state index contributed by atoms with van der Waals surface area (Å²) in [5.41, 5.74) is 0. The predicted octanol–water partition coefficient (Wildman–Crippen LogP) is -0.295. The van der Waals surface area contributed by atoms with Crippen LogP contribution >= 0.6 is 0 Å². The molecule has 0 spiro atoms. The Morgan fingerprint density at radius 1 is 0.900 bits per heavy atom. The summed E-state index contributed by atoms with van der Waals surface area (Å²) in [7, 11) is -7.22. The molecule has 0 radical (unpaired) electrons. The number of hydrogen-bond acceptors (Lipinski definition) is 8. The summed E-state index contributed by atoms with van der Waals surface area (Å²) in [5, 5.41) is 0. The monoisotopic (exact) mass is 332 g/mol. The van der Waals surface area contributed by atoms with Gasteiger partial charge in [-0.25, -0.2) is 0 Å². The molecule has 0 N–H and O–H groups in total. The van der Waals surface area contributed by atoms with E-state index in [4.69, 9.17) is 9.47 Å². The van der Waals surface area contributed by atoms with Gasteiger partial charge >= 0.3 is 0 Å². The Morgan fingerprint density at radius 3 is 1.50 bits per heavy atom. The van der Waals surface area contributed by atoms with Gasteiger partial charge < -0.3 is 9.47 Å². The largest absolute Gasteiger partial charge is 0.344 e. The summed E-state index contributed by atoms with van der Waals surface area (Å²) < 4.78 is 64.3. The van der Waals surface area contributed by atoms with Crippen LogP contribution in [0, 0.1) is 5.92 Å².